The van der Waals surface area contributed by atoms with Crippen molar-refractivity contribution in [1.29, 1.82) is 0 Å². The van der Waals surface area contributed by atoms with Gasteiger partial charge in [-0.1, -0.05) is 51.9 Å². The van der Waals surface area contributed by atoms with E-state index in [9.17, 15) is 0 Å². The summed E-state index contributed by atoms with van der Waals surface area (Å²) in [6, 6.07) is 0. The summed E-state index contributed by atoms with van der Waals surface area (Å²) >= 11 is 0. The molecule has 92 valence electrons. The minimum atomic E-state index is 0.766. The topological polar surface area (TPSA) is 52.0 Å². The summed E-state index contributed by atoms with van der Waals surface area (Å²) in [5.41, 5.74) is 11.1. The molecule has 0 aliphatic carbocycles. The molecule has 0 aromatic rings. The van der Waals surface area contributed by atoms with Gasteiger partial charge in [-0.05, 0) is 31.8 Å². The molecule has 0 fully saturated rings. The predicted octanol–water partition coefficient (Wildman–Crippen LogP) is 3.05. The van der Waals surface area contributed by atoms with Gasteiger partial charge in [0.05, 0.1) is 0 Å². The summed E-state index contributed by atoms with van der Waals surface area (Å²) in [6.45, 7) is 3.96. The van der Waals surface area contributed by atoms with E-state index in [2.05, 4.69) is 6.92 Å². The van der Waals surface area contributed by atoms with E-state index >= 15 is 0 Å². The van der Waals surface area contributed by atoms with Crippen molar-refractivity contribution in [3.05, 3.63) is 0 Å². The first-order valence-corrected chi connectivity index (χ1v) is 6.75. The van der Waals surface area contributed by atoms with Gasteiger partial charge in [0.2, 0.25) is 0 Å². The van der Waals surface area contributed by atoms with Crippen molar-refractivity contribution in [3.63, 3.8) is 0 Å². The Hall–Kier alpha value is -0.0800. The molecular formula is C13H30N2. The molecule has 2 heteroatoms. The molecule has 0 heterocycles. The van der Waals surface area contributed by atoms with Crippen LogP contribution in [0.2, 0.25) is 0 Å². The molecule has 0 saturated heterocycles. The molecule has 0 aliphatic heterocycles. The molecular weight excluding hydrogens is 184 g/mol. The highest BCUT2D eigenvalue weighted by Crippen LogP contribution is 2.14. The number of nitrogens with two attached hydrogens (primary N) is 2. The molecule has 0 radical (unpaired) electrons. The molecule has 2 nitrogen and oxygen atoms in total. The fraction of sp³-hybridized carbons (Fsp3) is 1.00. The third kappa shape index (κ3) is 10.2. The maximum atomic E-state index is 5.67. The van der Waals surface area contributed by atoms with Gasteiger partial charge in [-0.3, -0.25) is 0 Å². The molecule has 15 heavy (non-hydrogen) atoms. The van der Waals surface area contributed by atoms with Crippen LogP contribution in [-0.4, -0.2) is 13.1 Å². The zero-order chi connectivity index (χ0) is 11.4. The number of hydrogen-bond donors (Lipinski definition) is 2. The van der Waals surface area contributed by atoms with Gasteiger partial charge in [0, 0.05) is 0 Å². The summed E-state index contributed by atoms with van der Waals surface area (Å²) in [7, 11) is 0. The van der Waals surface area contributed by atoms with E-state index in [1.54, 1.807) is 0 Å². The Bertz CT molecular complexity index is 111. The Balaban J connectivity index is 3.04. The Labute approximate surface area is 95.8 Å². The third-order valence-corrected chi connectivity index (χ3v) is 3.23. The predicted molar refractivity (Wildman–Crippen MR) is 68.8 cm³/mol. The summed E-state index contributed by atoms with van der Waals surface area (Å²) in [5, 5.41) is 0. The van der Waals surface area contributed by atoms with Gasteiger partial charge in [0.15, 0.2) is 0 Å². The average Bonchev–Trinajstić information content (AvgIpc) is 2.27. The highest BCUT2D eigenvalue weighted by molar-refractivity contribution is 4.57. The Kier molecular flexibility index (Phi) is 11.9. The Morgan fingerprint density at radius 1 is 0.800 bits per heavy atom. The minimum Gasteiger partial charge on any atom is -0.330 e. The lowest BCUT2D eigenvalue weighted by Crippen LogP contribution is -2.13. The van der Waals surface area contributed by atoms with Gasteiger partial charge in [-0.2, -0.15) is 0 Å². The molecule has 0 spiro atoms. The smallest absolute Gasteiger partial charge is 0.00490 e. The molecule has 1 atom stereocenters. The summed E-state index contributed by atoms with van der Waals surface area (Å²) < 4.78 is 0. The first-order chi connectivity index (χ1) is 7.35. The van der Waals surface area contributed by atoms with E-state index in [1.165, 1.54) is 57.8 Å². The molecule has 0 saturated carbocycles. The van der Waals surface area contributed by atoms with E-state index in [-0.39, 0.29) is 0 Å². The lowest BCUT2D eigenvalue weighted by Gasteiger charge is -2.11. The van der Waals surface area contributed by atoms with E-state index in [0.717, 1.165) is 19.0 Å². The highest BCUT2D eigenvalue weighted by Gasteiger charge is 2.02. The molecule has 0 aromatic carbocycles. The van der Waals surface area contributed by atoms with Crippen LogP contribution in [0.3, 0.4) is 0 Å². The van der Waals surface area contributed by atoms with E-state index in [1.807, 2.05) is 0 Å². The van der Waals surface area contributed by atoms with Crippen LogP contribution < -0.4 is 11.5 Å². The fourth-order valence-electron chi connectivity index (χ4n) is 1.95. The van der Waals surface area contributed by atoms with E-state index < -0.39 is 0 Å². The van der Waals surface area contributed by atoms with Gasteiger partial charge >= 0.3 is 0 Å². The summed E-state index contributed by atoms with van der Waals surface area (Å²) in [4.78, 5) is 0. The molecule has 0 bridgehead atoms. The van der Waals surface area contributed by atoms with Gasteiger partial charge in [-0.25, -0.2) is 0 Å². The van der Waals surface area contributed by atoms with Crippen molar-refractivity contribution in [3.8, 4) is 0 Å². The van der Waals surface area contributed by atoms with Crippen molar-refractivity contribution >= 4 is 0 Å². The van der Waals surface area contributed by atoms with Gasteiger partial charge in [0.1, 0.15) is 0 Å². The van der Waals surface area contributed by atoms with Crippen LogP contribution in [-0.2, 0) is 0 Å². The second-order valence-corrected chi connectivity index (χ2v) is 4.56. The maximum absolute atomic E-state index is 5.67. The molecule has 0 aromatic heterocycles. The number of hydrogen-bond acceptors (Lipinski definition) is 2. The van der Waals surface area contributed by atoms with Crippen LogP contribution in [0.25, 0.3) is 0 Å². The average molecular weight is 214 g/mol. The summed E-state index contributed by atoms with van der Waals surface area (Å²) in [6.07, 6.45) is 12.0. The fourth-order valence-corrected chi connectivity index (χ4v) is 1.95. The second kappa shape index (κ2) is 12.0. The van der Waals surface area contributed by atoms with Crippen LogP contribution >= 0.6 is 0 Å². The van der Waals surface area contributed by atoms with Gasteiger partial charge < -0.3 is 11.5 Å². The van der Waals surface area contributed by atoms with Crippen LogP contribution in [0, 0.1) is 5.92 Å². The minimum absolute atomic E-state index is 0.766. The quantitative estimate of drug-likeness (QED) is 0.519. The van der Waals surface area contributed by atoms with Crippen molar-refractivity contribution < 1.29 is 0 Å². The summed E-state index contributed by atoms with van der Waals surface area (Å²) in [5.74, 6) is 0.766. The number of unbranched alkanes of at least 4 members (excludes halogenated alkanes) is 6. The SMILES string of the molecule is CCC(CN)CCCCCCCCCN. The standard InChI is InChI=1S/C13H30N2/c1-2-13(12-15)10-8-6-4-3-5-7-9-11-14/h13H,2-12,14-15H2,1H3. The molecule has 0 aliphatic rings. The van der Waals surface area contributed by atoms with Crippen molar-refractivity contribution in [2.24, 2.45) is 17.4 Å². The van der Waals surface area contributed by atoms with Crippen LogP contribution in [0.15, 0.2) is 0 Å². The van der Waals surface area contributed by atoms with Gasteiger partial charge in [-0.15, -0.1) is 0 Å². The largest absolute Gasteiger partial charge is 0.330 e. The Morgan fingerprint density at radius 2 is 1.33 bits per heavy atom. The highest BCUT2D eigenvalue weighted by atomic mass is 14.5. The van der Waals surface area contributed by atoms with Gasteiger partial charge in [0.25, 0.3) is 0 Å². The lowest BCUT2D eigenvalue weighted by molar-refractivity contribution is 0.446. The molecule has 0 amide bonds. The van der Waals surface area contributed by atoms with Crippen LogP contribution in [0.5, 0.6) is 0 Å². The monoisotopic (exact) mass is 214 g/mol. The normalized spacial score (nSPS) is 13.0. The van der Waals surface area contributed by atoms with Crippen molar-refractivity contribution in [1.82, 2.24) is 0 Å². The van der Waals surface area contributed by atoms with Crippen molar-refractivity contribution in [2.45, 2.75) is 64.7 Å². The molecule has 0 rings (SSSR count). The first kappa shape index (κ1) is 14.9. The van der Waals surface area contributed by atoms with Crippen molar-refractivity contribution in [2.75, 3.05) is 13.1 Å². The van der Waals surface area contributed by atoms with E-state index in [4.69, 9.17) is 11.5 Å². The maximum Gasteiger partial charge on any atom is -0.00490 e. The Morgan fingerprint density at radius 3 is 1.80 bits per heavy atom. The zero-order valence-corrected chi connectivity index (χ0v) is 10.5. The second-order valence-electron chi connectivity index (χ2n) is 4.56. The van der Waals surface area contributed by atoms with E-state index in [0.29, 0.717) is 0 Å². The van der Waals surface area contributed by atoms with Crippen LogP contribution in [0.4, 0.5) is 0 Å². The third-order valence-electron chi connectivity index (χ3n) is 3.23. The molecule has 1 unspecified atom stereocenters. The first-order valence-electron chi connectivity index (χ1n) is 6.75. The zero-order valence-electron chi connectivity index (χ0n) is 10.5. The lowest BCUT2D eigenvalue weighted by atomic mass is 9.98. The molecule has 4 N–H and O–H groups in total. The number of rotatable bonds is 11. The van der Waals surface area contributed by atoms with Crippen LogP contribution in [0.1, 0.15) is 64.7 Å².